The molecule has 0 fully saturated rings. The SMILES string of the molecule is NC(c1ccc(Cl)cc1)c1cnc2ccccc2c1. The number of para-hydroxylation sites is 1. The lowest BCUT2D eigenvalue weighted by Gasteiger charge is -2.13. The number of benzene rings is 2. The van der Waals surface area contributed by atoms with Crippen LogP contribution in [0.2, 0.25) is 5.02 Å². The molecule has 19 heavy (non-hydrogen) atoms. The Kier molecular flexibility index (Phi) is 3.20. The summed E-state index contributed by atoms with van der Waals surface area (Å²) in [5.41, 5.74) is 9.29. The average Bonchev–Trinajstić information content (AvgIpc) is 2.47. The monoisotopic (exact) mass is 268 g/mol. The number of pyridine rings is 1. The molecular formula is C16H13ClN2. The van der Waals surface area contributed by atoms with Crippen molar-refractivity contribution >= 4 is 22.5 Å². The molecule has 2 aromatic carbocycles. The summed E-state index contributed by atoms with van der Waals surface area (Å²) in [5.74, 6) is 0. The smallest absolute Gasteiger partial charge is 0.0702 e. The minimum absolute atomic E-state index is 0.186. The Labute approximate surface area is 116 Å². The van der Waals surface area contributed by atoms with Crippen molar-refractivity contribution in [2.75, 3.05) is 0 Å². The zero-order valence-electron chi connectivity index (χ0n) is 10.3. The molecule has 3 heteroatoms. The van der Waals surface area contributed by atoms with Crippen LogP contribution in [-0.2, 0) is 0 Å². The highest BCUT2D eigenvalue weighted by molar-refractivity contribution is 6.30. The Morgan fingerprint density at radius 2 is 1.68 bits per heavy atom. The van der Waals surface area contributed by atoms with Gasteiger partial charge in [0.05, 0.1) is 11.6 Å². The van der Waals surface area contributed by atoms with E-state index in [1.165, 1.54) is 0 Å². The van der Waals surface area contributed by atoms with Crippen molar-refractivity contribution in [1.29, 1.82) is 0 Å². The van der Waals surface area contributed by atoms with Gasteiger partial charge >= 0.3 is 0 Å². The van der Waals surface area contributed by atoms with E-state index >= 15 is 0 Å². The van der Waals surface area contributed by atoms with Crippen LogP contribution in [0.5, 0.6) is 0 Å². The summed E-state index contributed by atoms with van der Waals surface area (Å²) in [5, 5.41) is 1.82. The third-order valence-corrected chi connectivity index (χ3v) is 3.45. The molecule has 3 aromatic rings. The summed E-state index contributed by atoms with van der Waals surface area (Å²) in [4.78, 5) is 4.44. The van der Waals surface area contributed by atoms with Gasteiger partial charge in [0, 0.05) is 16.6 Å². The van der Waals surface area contributed by atoms with Gasteiger partial charge in [0.25, 0.3) is 0 Å². The van der Waals surface area contributed by atoms with E-state index in [0.29, 0.717) is 5.02 Å². The van der Waals surface area contributed by atoms with E-state index in [1.807, 2.05) is 54.7 Å². The Balaban J connectivity index is 2.01. The Hall–Kier alpha value is -1.90. The van der Waals surface area contributed by atoms with Crippen molar-refractivity contribution < 1.29 is 0 Å². The van der Waals surface area contributed by atoms with Gasteiger partial charge in [0.2, 0.25) is 0 Å². The molecule has 0 bridgehead atoms. The Bertz CT molecular complexity index is 707. The number of nitrogens with zero attached hydrogens (tertiary/aromatic N) is 1. The van der Waals surface area contributed by atoms with E-state index in [9.17, 15) is 0 Å². The molecule has 0 aliphatic rings. The molecule has 0 aliphatic heterocycles. The van der Waals surface area contributed by atoms with Crippen LogP contribution >= 0.6 is 11.6 Å². The molecule has 1 unspecified atom stereocenters. The molecule has 0 radical (unpaired) electrons. The molecule has 3 rings (SSSR count). The molecule has 1 atom stereocenters. The maximum Gasteiger partial charge on any atom is 0.0702 e. The normalized spacial score (nSPS) is 12.5. The highest BCUT2D eigenvalue weighted by Crippen LogP contribution is 2.23. The van der Waals surface area contributed by atoms with Crippen LogP contribution in [0.15, 0.2) is 60.8 Å². The molecule has 0 spiro atoms. The largest absolute Gasteiger partial charge is 0.320 e. The molecule has 1 heterocycles. The summed E-state index contributed by atoms with van der Waals surface area (Å²) in [6, 6.07) is 17.5. The van der Waals surface area contributed by atoms with Crippen molar-refractivity contribution in [3.05, 3.63) is 76.9 Å². The van der Waals surface area contributed by atoms with Gasteiger partial charge in [-0.25, -0.2) is 0 Å². The summed E-state index contributed by atoms with van der Waals surface area (Å²) in [6.45, 7) is 0. The lowest BCUT2D eigenvalue weighted by atomic mass is 10.00. The van der Waals surface area contributed by atoms with E-state index in [0.717, 1.165) is 22.0 Å². The molecule has 2 N–H and O–H groups in total. The minimum atomic E-state index is -0.186. The quantitative estimate of drug-likeness (QED) is 0.765. The number of fused-ring (bicyclic) bond motifs is 1. The average molecular weight is 269 g/mol. The molecule has 94 valence electrons. The number of aromatic nitrogens is 1. The first kappa shape index (κ1) is 12.2. The van der Waals surface area contributed by atoms with Crippen molar-refractivity contribution in [3.63, 3.8) is 0 Å². The number of halogens is 1. The fourth-order valence-corrected chi connectivity index (χ4v) is 2.25. The van der Waals surface area contributed by atoms with Crippen LogP contribution in [0.25, 0.3) is 10.9 Å². The second-order valence-electron chi connectivity index (χ2n) is 4.49. The van der Waals surface area contributed by atoms with Gasteiger partial charge in [-0.15, -0.1) is 0 Å². The Morgan fingerprint density at radius 1 is 0.947 bits per heavy atom. The van der Waals surface area contributed by atoms with Gasteiger partial charge in [-0.1, -0.05) is 41.9 Å². The van der Waals surface area contributed by atoms with E-state index in [-0.39, 0.29) is 6.04 Å². The predicted octanol–water partition coefficient (Wildman–Crippen LogP) is 3.94. The molecule has 0 aliphatic carbocycles. The standard InChI is InChI=1S/C16H13ClN2/c17-14-7-5-11(6-8-14)16(18)13-9-12-3-1-2-4-15(12)19-10-13/h1-10,16H,18H2. The minimum Gasteiger partial charge on any atom is -0.320 e. The number of hydrogen-bond acceptors (Lipinski definition) is 2. The van der Waals surface area contributed by atoms with Crippen LogP contribution < -0.4 is 5.73 Å². The van der Waals surface area contributed by atoms with E-state index in [2.05, 4.69) is 11.1 Å². The summed E-state index contributed by atoms with van der Waals surface area (Å²) in [6.07, 6.45) is 1.83. The third-order valence-electron chi connectivity index (χ3n) is 3.20. The second kappa shape index (κ2) is 5.00. The summed E-state index contributed by atoms with van der Waals surface area (Å²) >= 11 is 5.89. The highest BCUT2D eigenvalue weighted by Gasteiger charge is 2.09. The van der Waals surface area contributed by atoms with E-state index in [4.69, 9.17) is 17.3 Å². The van der Waals surface area contributed by atoms with E-state index in [1.54, 1.807) is 0 Å². The van der Waals surface area contributed by atoms with Crippen LogP contribution in [0.3, 0.4) is 0 Å². The third kappa shape index (κ3) is 2.46. The zero-order chi connectivity index (χ0) is 13.2. The van der Waals surface area contributed by atoms with Gasteiger partial charge < -0.3 is 5.73 Å². The maximum absolute atomic E-state index is 6.27. The van der Waals surface area contributed by atoms with Gasteiger partial charge in [0.1, 0.15) is 0 Å². The summed E-state index contributed by atoms with van der Waals surface area (Å²) in [7, 11) is 0. The van der Waals surface area contributed by atoms with E-state index < -0.39 is 0 Å². The van der Waals surface area contributed by atoms with Gasteiger partial charge in [-0.2, -0.15) is 0 Å². The van der Waals surface area contributed by atoms with Gasteiger partial charge in [-0.05, 0) is 35.4 Å². The topological polar surface area (TPSA) is 38.9 Å². The lowest BCUT2D eigenvalue weighted by molar-refractivity contribution is 0.867. The van der Waals surface area contributed by atoms with Crippen LogP contribution in [0.4, 0.5) is 0 Å². The highest BCUT2D eigenvalue weighted by atomic mass is 35.5. The zero-order valence-corrected chi connectivity index (χ0v) is 11.0. The predicted molar refractivity (Wildman–Crippen MR) is 79.2 cm³/mol. The van der Waals surface area contributed by atoms with Crippen LogP contribution in [0, 0.1) is 0 Å². The van der Waals surface area contributed by atoms with Gasteiger partial charge in [-0.3, -0.25) is 4.98 Å². The van der Waals surface area contributed by atoms with Crippen LogP contribution in [-0.4, -0.2) is 4.98 Å². The van der Waals surface area contributed by atoms with Crippen LogP contribution in [0.1, 0.15) is 17.2 Å². The fraction of sp³-hybridized carbons (Fsp3) is 0.0625. The maximum atomic E-state index is 6.27. The number of hydrogen-bond donors (Lipinski definition) is 1. The molecule has 0 saturated heterocycles. The number of nitrogens with two attached hydrogens (primary N) is 1. The molecule has 1 aromatic heterocycles. The molecule has 0 amide bonds. The van der Waals surface area contributed by atoms with Gasteiger partial charge in [0.15, 0.2) is 0 Å². The molecule has 2 nitrogen and oxygen atoms in total. The Morgan fingerprint density at radius 3 is 2.47 bits per heavy atom. The molecule has 0 saturated carbocycles. The molecular weight excluding hydrogens is 256 g/mol. The lowest BCUT2D eigenvalue weighted by Crippen LogP contribution is -2.11. The first-order valence-electron chi connectivity index (χ1n) is 6.10. The fourth-order valence-electron chi connectivity index (χ4n) is 2.12. The first-order chi connectivity index (χ1) is 9.24. The van der Waals surface area contributed by atoms with Crippen molar-refractivity contribution in [1.82, 2.24) is 4.98 Å². The van der Waals surface area contributed by atoms with Crippen molar-refractivity contribution in [2.24, 2.45) is 5.73 Å². The second-order valence-corrected chi connectivity index (χ2v) is 4.93. The summed E-state index contributed by atoms with van der Waals surface area (Å²) < 4.78 is 0. The number of rotatable bonds is 2. The first-order valence-corrected chi connectivity index (χ1v) is 6.47. The van der Waals surface area contributed by atoms with Crippen molar-refractivity contribution in [3.8, 4) is 0 Å². The van der Waals surface area contributed by atoms with Crippen molar-refractivity contribution in [2.45, 2.75) is 6.04 Å².